The fourth-order valence-electron chi connectivity index (χ4n) is 1.55. The predicted octanol–water partition coefficient (Wildman–Crippen LogP) is 2.35. The molecule has 3 heteroatoms. The Kier molecular flexibility index (Phi) is 3.72. The Balaban J connectivity index is 3.28. The minimum Gasteiger partial charge on any atom is -0.496 e. The van der Waals surface area contributed by atoms with Crippen molar-refractivity contribution >= 4 is 5.97 Å². The number of aryl methyl sites for hydroxylation is 2. The third kappa shape index (κ3) is 2.29. The molecule has 0 bridgehead atoms. The van der Waals surface area contributed by atoms with Crippen LogP contribution in [-0.2, 0) is 11.2 Å². The van der Waals surface area contributed by atoms with Crippen LogP contribution < -0.4 is 4.74 Å². The molecule has 1 aromatic carbocycles. The SMILES string of the molecule is CCc1cc(C(=O)OC)c(OC)cc1C. The van der Waals surface area contributed by atoms with E-state index in [2.05, 4.69) is 6.92 Å². The van der Waals surface area contributed by atoms with Gasteiger partial charge in [-0.3, -0.25) is 0 Å². The van der Waals surface area contributed by atoms with Crippen LogP contribution in [0.15, 0.2) is 12.1 Å². The predicted molar refractivity (Wildman–Crippen MR) is 58.4 cm³/mol. The highest BCUT2D eigenvalue weighted by Crippen LogP contribution is 2.24. The number of rotatable bonds is 3. The van der Waals surface area contributed by atoms with E-state index in [0.717, 1.165) is 17.5 Å². The van der Waals surface area contributed by atoms with Crippen molar-refractivity contribution in [2.24, 2.45) is 0 Å². The molecule has 0 aliphatic heterocycles. The first-order valence-corrected chi connectivity index (χ1v) is 4.89. The van der Waals surface area contributed by atoms with Gasteiger partial charge in [0.2, 0.25) is 0 Å². The zero-order valence-electron chi connectivity index (χ0n) is 9.59. The van der Waals surface area contributed by atoms with E-state index in [4.69, 9.17) is 9.47 Å². The average Bonchev–Trinajstić information content (AvgIpc) is 2.27. The standard InChI is InChI=1S/C12H16O3/c1-5-9-7-10(12(13)15-4)11(14-3)6-8(9)2/h6-7H,5H2,1-4H3. The number of methoxy groups -OCH3 is 2. The molecule has 3 nitrogen and oxygen atoms in total. The normalized spacial score (nSPS) is 9.87. The molecule has 0 radical (unpaired) electrons. The van der Waals surface area contributed by atoms with Crippen molar-refractivity contribution in [1.29, 1.82) is 0 Å². The molecular formula is C12H16O3. The van der Waals surface area contributed by atoms with Crippen LogP contribution in [0.2, 0.25) is 0 Å². The molecule has 15 heavy (non-hydrogen) atoms. The van der Waals surface area contributed by atoms with Crippen molar-refractivity contribution in [3.63, 3.8) is 0 Å². The summed E-state index contributed by atoms with van der Waals surface area (Å²) in [7, 11) is 2.92. The zero-order valence-corrected chi connectivity index (χ0v) is 9.59. The summed E-state index contributed by atoms with van der Waals surface area (Å²) < 4.78 is 9.85. The summed E-state index contributed by atoms with van der Waals surface area (Å²) in [5.41, 5.74) is 2.75. The summed E-state index contributed by atoms with van der Waals surface area (Å²) >= 11 is 0. The van der Waals surface area contributed by atoms with Crippen molar-refractivity contribution in [2.75, 3.05) is 14.2 Å². The molecule has 0 amide bonds. The summed E-state index contributed by atoms with van der Waals surface area (Å²) in [6.07, 6.45) is 0.889. The Hall–Kier alpha value is -1.51. The van der Waals surface area contributed by atoms with Crippen LogP contribution in [0.4, 0.5) is 0 Å². The first kappa shape index (κ1) is 11.6. The number of carbonyl (C=O) groups excluding carboxylic acids is 1. The van der Waals surface area contributed by atoms with Gasteiger partial charge < -0.3 is 9.47 Å². The molecule has 82 valence electrons. The van der Waals surface area contributed by atoms with Crippen LogP contribution in [-0.4, -0.2) is 20.2 Å². The van der Waals surface area contributed by atoms with Gasteiger partial charge in [0.25, 0.3) is 0 Å². The van der Waals surface area contributed by atoms with Crippen LogP contribution in [0.25, 0.3) is 0 Å². The molecule has 0 fully saturated rings. The maximum atomic E-state index is 11.5. The highest BCUT2D eigenvalue weighted by molar-refractivity contribution is 5.92. The number of hydrogen-bond donors (Lipinski definition) is 0. The second-order valence-electron chi connectivity index (χ2n) is 3.32. The van der Waals surface area contributed by atoms with E-state index < -0.39 is 0 Å². The molecule has 1 rings (SSSR count). The molecule has 1 aromatic rings. The van der Waals surface area contributed by atoms with Crippen LogP contribution in [0, 0.1) is 6.92 Å². The number of esters is 1. The number of benzene rings is 1. The molecule has 0 aromatic heterocycles. The monoisotopic (exact) mass is 208 g/mol. The maximum absolute atomic E-state index is 11.5. The van der Waals surface area contributed by atoms with Crippen LogP contribution in [0.3, 0.4) is 0 Å². The third-order valence-electron chi connectivity index (χ3n) is 2.44. The van der Waals surface area contributed by atoms with E-state index in [9.17, 15) is 4.79 Å². The summed E-state index contributed by atoms with van der Waals surface area (Å²) in [5.74, 6) is 0.207. The van der Waals surface area contributed by atoms with E-state index >= 15 is 0 Å². The Morgan fingerprint density at radius 2 is 2.00 bits per heavy atom. The number of carbonyl (C=O) groups is 1. The number of ether oxygens (including phenoxy) is 2. The maximum Gasteiger partial charge on any atom is 0.341 e. The average molecular weight is 208 g/mol. The molecule has 0 N–H and O–H groups in total. The number of hydrogen-bond acceptors (Lipinski definition) is 3. The quantitative estimate of drug-likeness (QED) is 0.715. The van der Waals surface area contributed by atoms with Gasteiger partial charge in [-0.1, -0.05) is 6.92 Å². The van der Waals surface area contributed by atoms with Gasteiger partial charge in [-0.05, 0) is 36.6 Å². The van der Waals surface area contributed by atoms with Gasteiger partial charge in [0.15, 0.2) is 0 Å². The zero-order chi connectivity index (χ0) is 11.4. The fourth-order valence-corrected chi connectivity index (χ4v) is 1.55. The van der Waals surface area contributed by atoms with Gasteiger partial charge in [-0.2, -0.15) is 0 Å². The van der Waals surface area contributed by atoms with E-state index in [1.165, 1.54) is 7.11 Å². The first-order chi connectivity index (χ1) is 7.13. The van der Waals surface area contributed by atoms with Crippen LogP contribution >= 0.6 is 0 Å². The minimum atomic E-state index is -0.360. The van der Waals surface area contributed by atoms with Crippen molar-refractivity contribution in [1.82, 2.24) is 0 Å². The molecule has 0 atom stereocenters. The smallest absolute Gasteiger partial charge is 0.341 e. The molecular weight excluding hydrogens is 192 g/mol. The van der Waals surface area contributed by atoms with Crippen molar-refractivity contribution in [2.45, 2.75) is 20.3 Å². The molecule has 0 heterocycles. The largest absolute Gasteiger partial charge is 0.496 e. The minimum absolute atomic E-state index is 0.360. The van der Waals surface area contributed by atoms with Crippen LogP contribution in [0.5, 0.6) is 5.75 Å². The summed E-state index contributed by atoms with van der Waals surface area (Å²) in [5, 5.41) is 0. The van der Waals surface area contributed by atoms with Gasteiger partial charge in [0.1, 0.15) is 11.3 Å². The lowest BCUT2D eigenvalue weighted by molar-refractivity contribution is 0.0597. The second kappa shape index (κ2) is 4.82. The van der Waals surface area contributed by atoms with E-state index in [1.54, 1.807) is 7.11 Å². The molecule has 0 unspecified atom stereocenters. The highest BCUT2D eigenvalue weighted by atomic mass is 16.5. The Morgan fingerprint density at radius 3 is 2.47 bits per heavy atom. The van der Waals surface area contributed by atoms with E-state index in [0.29, 0.717) is 11.3 Å². The molecule has 0 aliphatic rings. The van der Waals surface area contributed by atoms with Gasteiger partial charge in [-0.15, -0.1) is 0 Å². The summed E-state index contributed by atoms with van der Waals surface area (Å²) in [6.45, 7) is 4.05. The van der Waals surface area contributed by atoms with Crippen molar-refractivity contribution < 1.29 is 14.3 Å². The van der Waals surface area contributed by atoms with Crippen molar-refractivity contribution in [3.8, 4) is 5.75 Å². The lowest BCUT2D eigenvalue weighted by Gasteiger charge is -2.11. The topological polar surface area (TPSA) is 35.5 Å². The Morgan fingerprint density at radius 1 is 1.33 bits per heavy atom. The molecule has 0 saturated heterocycles. The molecule has 0 spiro atoms. The van der Waals surface area contributed by atoms with Crippen molar-refractivity contribution in [3.05, 3.63) is 28.8 Å². The molecule has 0 saturated carbocycles. The van der Waals surface area contributed by atoms with E-state index in [1.807, 2.05) is 19.1 Å². The first-order valence-electron chi connectivity index (χ1n) is 4.89. The van der Waals surface area contributed by atoms with Crippen LogP contribution in [0.1, 0.15) is 28.4 Å². The summed E-state index contributed by atoms with van der Waals surface area (Å²) in [6, 6.07) is 3.70. The van der Waals surface area contributed by atoms with Gasteiger partial charge in [0, 0.05) is 0 Å². The van der Waals surface area contributed by atoms with Gasteiger partial charge >= 0.3 is 5.97 Å². The highest BCUT2D eigenvalue weighted by Gasteiger charge is 2.14. The van der Waals surface area contributed by atoms with Gasteiger partial charge in [0.05, 0.1) is 14.2 Å². The van der Waals surface area contributed by atoms with Gasteiger partial charge in [-0.25, -0.2) is 4.79 Å². The lowest BCUT2D eigenvalue weighted by atomic mass is 10.0. The van der Waals surface area contributed by atoms with E-state index in [-0.39, 0.29) is 5.97 Å². The second-order valence-corrected chi connectivity index (χ2v) is 3.32. The third-order valence-corrected chi connectivity index (χ3v) is 2.44. The lowest BCUT2D eigenvalue weighted by Crippen LogP contribution is -2.05. The Labute approximate surface area is 90.0 Å². The summed E-state index contributed by atoms with van der Waals surface area (Å²) in [4.78, 5) is 11.5. The molecule has 0 aliphatic carbocycles. The fraction of sp³-hybridized carbons (Fsp3) is 0.417. The Bertz CT molecular complexity index is 369.